The lowest BCUT2D eigenvalue weighted by atomic mass is 9.93. The molecule has 1 saturated heterocycles. The second-order valence-corrected chi connectivity index (χ2v) is 9.11. The number of methoxy groups -OCH3 is 1. The summed E-state index contributed by atoms with van der Waals surface area (Å²) in [4.78, 5) is 31.5. The highest BCUT2D eigenvalue weighted by molar-refractivity contribution is 6.30. The van der Waals surface area contributed by atoms with Crippen molar-refractivity contribution < 1.29 is 18.7 Å². The standard InChI is InChI=1S/C24H23ClFN5O3/c1-34-22-8-18(19(26)11-27-22)20-9-21(30-29-20)24(33)31-12-14-6-16(31)7-17(14)23(32)28-10-13-3-2-4-15(25)5-13/h2-5,8-9,11,14,16-17H,6-7,10,12H2,1H3,(H,28,32)(H,29,30)/t14-,16-,17+/m0/s1. The van der Waals surface area contributed by atoms with Gasteiger partial charge in [-0.05, 0) is 42.5 Å². The van der Waals surface area contributed by atoms with Crippen LogP contribution in [0.5, 0.6) is 5.88 Å². The number of hydrogen-bond donors (Lipinski definition) is 2. The Bertz CT molecular complexity index is 1250. The molecular weight excluding hydrogens is 461 g/mol. The molecule has 3 heterocycles. The van der Waals surface area contributed by atoms with E-state index in [0.29, 0.717) is 30.2 Å². The maximum atomic E-state index is 14.2. The van der Waals surface area contributed by atoms with Crippen molar-refractivity contribution in [3.63, 3.8) is 0 Å². The highest BCUT2D eigenvalue weighted by Crippen LogP contribution is 2.43. The number of piperidine rings is 1. The van der Waals surface area contributed by atoms with Crippen molar-refractivity contribution in [1.82, 2.24) is 25.4 Å². The lowest BCUT2D eigenvalue weighted by molar-refractivity contribution is -0.127. The van der Waals surface area contributed by atoms with E-state index in [4.69, 9.17) is 16.3 Å². The molecule has 1 aliphatic heterocycles. The molecule has 2 amide bonds. The Hall–Kier alpha value is -3.46. The number of carbonyl (C=O) groups is 2. The van der Waals surface area contributed by atoms with Crippen molar-refractivity contribution in [3.8, 4) is 17.1 Å². The number of carbonyl (C=O) groups excluding carboxylic acids is 2. The van der Waals surface area contributed by atoms with Gasteiger partial charge in [-0.15, -0.1) is 0 Å². The molecule has 2 aromatic heterocycles. The SMILES string of the molecule is COc1cc(-c2cc(C(=O)N3C[C@@H]4C[C@H]3C[C@H]4C(=O)NCc3cccc(Cl)c3)n[nH]2)c(F)cn1. The van der Waals surface area contributed by atoms with Crippen LogP contribution in [0.25, 0.3) is 11.3 Å². The zero-order chi connectivity index (χ0) is 23.8. The Morgan fingerprint density at radius 3 is 2.88 bits per heavy atom. The van der Waals surface area contributed by atoms with Gasteiger partial charge in [0.1, 0.15) is 0 Å². The molecule has 0 unspecified atom stereocenters. The molecular formula is C24H23ClFN5O3. The van der Waals surface area contributed by atoms with Crippen LogP contribution >= 0.6 is 11.6 Å². The fourth-order valence-electron chi connectivity index (χ4n) is 4.94. The molecule has 10 heteroatoms. The Morgan fingerprint density at radius 2 is 2.15 bits per heavy atom. The van der Waals surface area contributed by atoms with Gasteiger partial charge in [-0.25, -0.2) is 9.37 Å². The fourth-order valence-corrected chi connectivity index (χ4v) is 5.16. The molecule has 8 nitrogen and oxygen atoms in total. The molecule has 34 heavy (non-hydrogen) atoms. The zero-order valence-electron chi connectivity index (χ0n) is 18.4. The summed E-state index contributed by atoms with van der Waals surface area (Å²) in [5, 5.41) is 10.5. The van der Waals surface area contributed by atoms with Gasteiger partial charge in [0.05, 0.1) is 19.0 Å². The molecule has 176 valence electrons. The van der Waals surface area contributed by atoms with Gasteiger partial charge in [0.15, 0.2) is 11.5 Å². The highest BCUT2D eigenvalue weighted by Gasteiger charge is 2.49. The molecule has 3 atom stereocenters. The first kappa shape index (κ1) is 22.3. The second-order valence-electron chi connectivity index (χ2n) is 8.67. The Labute approximate surface area is 200 Å². The third kappa shape index (κ3) is 4.23. The smallest absolute Gasteiger partial charge is 0.274 e. The van der Waals surface area contributed by atoms with E-state index in [1.807, 2.05) is 18.2 Å². The van der Waals surface area contributed by atoms with Crippen molar-refractivity contribution in [2.45, 2.75) is 25.4 Å². The number of aromatic nitrogens is 3. The predicted molar refractivity (Wildman–Crippen MR) is 123 cm³/mol. The van der Waals surface area contributed by atoms with E-state index in [1.54, 1.807) is 11.0 Å². The molecule has 1 aliphatic carbocycles. The van der Waals surface area contributed by atoms with Crippen molar-refractivity contribution in [2.75, 3.05) is 13.7 Å². The summed E-state index contributed by atoms with van der Waals surface area (Å²) in [7, 11) is 1.44. The van der Waals surface area contributed by atoms with Gasteiger partial charge < -0.3 is 15.0 Å². The number of H-pyrrole nitrogens is 1. The first-order chi connectivity index (χ1) is 16.4. The lowest BCUT2D eigenvalue weighted by Crippen LogP contribution is -2.44. The topological polar surface area (TPSA) is 100 Å². The lowest BCUT2D eigenvalue weighted by Gasteiger charge is -2.30. The molecule has 1 saturated carbocycles. The largest absolute Gasteiger partial charge is 0.481 e. The molecule has 2 N–H and O–H groups in total. The summed E-state index contributed by atoms with van der Waals surface area (Å²) in [6.45, 7) is 0.917. The number of hydrogen-bond acceptors (Lipinski definition) is 5. The number of likely N-dealkylation sites (tertiary alicyclic amines) is 1. The maximum Gasteiger partial charge on any atom is 0.274 e. The van der Waals surface area contributed by atoms with E-state index >= 15 is 0 Å². The van der Waals surface area contributed by atoms with E-state index in [0.717, 1.165) is 18.2 Å². The number of aromatic amines is 1. The van der Waals surface area contributed by atoms with Gasteiger partial charge >= 0.3 is 0 Å². The van der Waals surface area contributed by atoms with Gasteiger partial charge in [0.2, 0.25) is 11.8 Å². The van der Waals surface area contributed by atoms with Crippen molar-refractivity contribution in [2.24, 2.45) is 11.8 Å². The minimum absolute atomic E-state index is 0.00346. The molecule has 3 aromatic rings. The molecule has 1 aromatic carbocycles. The normalized spacial score (nSPS) is 21.0. The average Bonchev–Trinajstić information content (AvgIpc) is 3.58. The molecule has 5 rings (SSSR count). The van der Waals surface area contributed by atoms with Crippen LogP contribution < -0.4 is 10.1 Å². The predicted octanol–water partition coefficient (Wildman–Crippen LogP) is 3.44. The molecule has 2 bridgehead atoms. The van der Waals surface area contributed by atoms with Crippen LogP contribution in [0.1, 0.15) is 28.9 Å². The number of pyridine rings is 1. The third-order valence-corrected chi connectivity index (χ3v) is 6.86. The molecule has 0 radical (unpaired) electrons. The number of rotatable bonds is 6. The zero-order valence-corrected chi connectivity index (χ0v) is 19.2. The van der Waals surface area contributed by atoms with Crippen LogP contribution in [0.4, 0.5) is 4.39 Å². The number of halogens is 2. The Balaban J connectivity index is 1.22. The first-order valence-electron chi connectivity index (χ1n) is 11.0. The van der Waals surface area contributed by atoms with E-state index in [1.165, 1.54) is 19.2 Å². The second kappa shape index (κ2) is 9.06. The van der Waals surface area contributed by atoms with Crippen LogP contribution in [0.3, 0.4) is 0 Å². The minimum Gasteiger partial charge on any atom is -0.481 e. The summed E-state index contributed by atoms with van der Waals surface area (Å²) < 4.78 is 19.3. The fraction of sp³-hybridized carbons (Fsp3) is 0.333. The summed E-state index contributed by atoms with van der Waals surface area (Å²) in [6.07, 6.45) is 2.47. The number of nitrogens with zero attached hydrogens (tertiary/aromatic N) is 3. The number of fused-ring (bicyclic) bond motifs is 2. The maximum absolute atomic E-state index is 14.2. The van der Waals surface area contributed by atoms with Gasteiger partial charge in [0.25, 0.3) is 5.91 Å². The third-order valence-electron chi connectivity index (χ3n) is 6.62. The Morgan fingerprint density at radius 1 is 1.29 bits per heavy atom. The highest BCUT2D eigenvalue weighted by atomic mass is 35.5. The number of ether oxygens (including phenoxy) is 1. The van der Waals surface area contributed by atoms with Crippen molar-refractivity contribution in [3.05, 3.63) is 64.7 Å². The van der Waals surface area contributed by atoms with Crippen LogP contribution in [-0.2, 0) is 11.3 Å². The molecule has 2 fully saturated rings. The van der Waals surface area contributed by atoms with Gasteiger partial charge in [0, 0.05) is 41.7 Å². The summed E-state index contributed by atoms with van der Waals surface area (Å²) in [5.41, 5.74) is 1.74. The monoisotopic (exact) mass is 483 g/mol. The quantitative estimate of drug-likeness (QED) is 0.559. The molecule has 2 aliphatic rings. The number of amides is 2. The van der Waals surface area contributed by atoms with E-state index in [2.05, 4.69) is 20.5 Å². The van der Waals surface area contributed by atoms with E-state index < -0.39 is 5.82 Å². The summed E-state index contributed by atoms with van der Waals surface area (Å²) in [5.74, 6) is -0.529. The van der Waals surface area contributed by atoms with Crippen LogP contribution in [0.15, 0.2) is 42.6 Å². The van der Waals surface area contributed by atoms with E-state index in [-0.39, 0.29) is 46.8 Å². The van der Waals surface area contributed by atoms with Crippen LogP contribution in [-0.4, -0.2) is 51.6 Å². The number of nitrogens with one attached hydrogen (secondary N) is 2. The van der Waals surface area contributed by atoms with E-state index in [9.17, 15) is 14.0 Å². The van der Waals surface area contributed by atoms with Crippen molar-refractivity contribution in [1.29, 1.82) is 0 Å². The summed E-state index contributed by atoms with van der Waals surface area (Å²) >= 11 is 6.01. The average molecular weight is 484 g/mol. The minimum atomic E-state index is -0.546. The van der Waals surface area contributed by atoms with Crippen LogP contribution in [0, 0.1) is 17.7 Å². The van der Waals surface area contributed by atoms with Gasteiger partial charge in [-0.1, -0.05) is 23.7 Å². The number of benzene rings is 1. The first-order valence-corrected chi connectivity index (χ1v) is 11.4. The van der Waals surface area contributed by atoms with Gasteiger partial charge in [-0.2, -0.15) is 5.10 Å². The van der Waals surface area contributed by atoms with Gasteiger partial charge in [-0.3, -0.25) is 14.7 Å². The van der Waals surface area contributed by atoms with Crippen LogP contribution in [0.2, 0.25) is 5.02 Å². The Kier molecular flexibility index (Phi) is 5.95. The van der Waals surface area contributed by atoms with Crippen molar-refractivity contribution >= 4 is 23.4 Å². The molecule has 0 spiro atoms. The summed E-state index contributed by atoms with van der Waals surface area (Å²) in [6, 6.07) is 10.3.